The van der Waals surface area contributed by atoms with Gasteiger partial charge in [0.2, 0.25) is 17.7 Å². The third kappa shape index (κ3) is 4.52. The zero-order valence-corrected chi connectivity index (χ0v) is 22.2. The highest BCUT2D eigenvalue weighted by molar-refractivity contribution is 5.98. The predicted molar refractivity (Wildman–Crippen MR) is 144 cm³/mol. The molecule has 3 aromatic rings. The Kier molecular flexibility index (Phi) is 7.24. The second kappa shape index (κ2) is 11.0. The van der Waals surface area contributed by atoms with Crippen molar-refractivity contribution in [3.63, 3.8) is 0 Å². The Balaban J connectivity index is 1.23. The highest BCUT2D eigenvalue weighted by Gasteiger charge is 2.74. The Labute approximate surface area is 231 Å². The first-order valence-electron chi connectivity index (χ1n) is 14.0. The van der Waals surface area contributed by atoms with E-state index in [0.717, 1.165) is 23.0 Å². The number of hydrogen-bond donors (Lipinski definition) is 3. The number of aliphatic hydroxyl groups excluding tert-OH is 1. The number of unbranched alkanes of at least 4 members (excludes halogenated alkanes) is 2. The minimum Gasteiger partial charge on any atom is -0.396 e. The molecule has 210 valence electrons. The summed E-state index contributed by atoms with van der Waals surface area (Å²) in [5, 5.41) is 23.5. The zero-order chi connectivity index (χ0) is 27.7. The number of nitrogens with one attached hydrogen (secondary N) is 2. The van der Waals surface area contributed by atoms with E-state index in [1.165, 1.54) is 0 Å². The first-order chi connectivity index (χ1) is 19.5. The third-order valence-electron chi connectivity index (χ3n) is 8.54. The summed E-state index contributed by atoms with van der Waals surface area (Å²) in [6.07, 6.45) is 2.73. The Morgan fingerprint density at radius 3 is 2.65 bits per heavy atom. The van der Waals surface area contributed by atoms with E-state index in [1.54, 1.807) is 9.58 Å². The van der Waals surface area contributed by atoms with Crippen LogP contribution in [0.25, 0.3) is 11.0 Å². The maximum atomic E-state index is 14.0. The first kappa shape index (κ1) is 26.4. The molecule has 3 amide bonds. The molecule has 3 saturated heterocycles. The van der Waals surface area contributed by atoms with Crippen LogP contribution in [0.4, 0.5) is 0 Å². The zero-order valence-electron chi connectivity index (χ0n) is 22.2. The summed E-state index contributed by atoms with van der Waals surface area (Å²) in [6, 6.07) is 16.2. The molecule has 0 aliphatic carbocycles. The van der Waals surface area contributed by atoms with Gasteiger partial charge in [0, 0.05) is 19.7 Å². The fourth-order valence-electron chi connectivity index (χ4n) is 6.75. The monoisotopic (exact) mass is 546 g/mol. The molecule has 3 N–H and O–H groups in total. The van der Waals surface area contributed by atoms with Crippen LogP contribution in [0.15, 0.2) is 54.6 Å². The summed E-state index contributed by atoms with van der Waals surface area (Å²) in [6.45, 7) is 0.879. The number of nitrogens with zero attached hydrogens (tertiary/aromatic N) is 4. The molecule has 40 heavy (non-hydrogen) atoms. The van der Waals surface area contributed by atoms with Crippen LogP contribution in [0.5, 0.6) is 0 Å². The maximum Gasteiger partial charge on any atom is 0.247 e. The Morgan fingerprint density at radius 2 is 1.82 bits per heavy atom. The van der Waals surface area contributed by atoms with Crippen LogP contribution in [0.1, 0.15) is 37.7 Å². The molecule has 5 atom stereocenters. The molecular weight excluding hydrogens is 512 g/mol. The summed E-state index contributed by atoms with van der Waals surface area (Å²) >= 11 is 0. The minimum absolute atomic E-state index is 0.0741. The largest absolute Gasteiger partial charge is 0.396 e. The number of aliphatic hydroxyl groups is 1. The molecule has 2 aromatic carbocycles. The smallest absolute Gasteiger partial charge is 0.247 e. The van der Waals surface area contributed by atoms with Gasteiger partial charge in [-0.25, -0.2) is 4.68 Å². The number of fused-ring (bicyclic) bond motifs is 2. The molecule has 6 rings (SSSR count). The number of rotatable bonds is 11. The Bertz CT molecular complexity index is 1400. The number of benzene rings is 2. The van der Waals surface area contributed by atoms with E-state index >= 15 is 0 Å². The third-order valence-corrected chi connectivity index (χ3v) is 8.54. The maximum absolute atomic E-state index is 14.0. The average molecular weight is 547 g/mol. The number of carbonyl (C=O) groups is 3. The van der Waals surface area contributed by atoms with Gasteiger partial charge in [-0.3, -0.25) is 14.4 Å². The Morgan fingerprint density at radius 1 is 1.02 bits per heavy atom. The van der Waals surface area contributed by atoms with Gasteiger partial charge in [0.1, 0.15) is 23.8 Å². The minimum atomic E-state index is -1.05. The van der Waals surface area contributed by atoms with E-state index in [-0.39, 0.29) is 31.0 Å². The van der Waals surface area contributed by atoms with Crippen molar-refractivity contribution in [2.24, 2.45) is 11.8 Å². The van der Waals surface area contributed by atoms with Crippen LogP contribution in [0, 0.1) is 11.8 Å². The number of para-hydroxylation sites is 1. The second-order valence-corrected chi connectivity index (χ2v) is 10.9. The number of amides is 3. The van der Waals surface area contributed by atoms with Crippen molar-refractivity contribution >= 4 is 28.8 Å². The predicted octanol–water partition coefficient (Wildman–Crippen LogP) is 1.36. The Hall–Kier alpha value is -3.83. The molecule has 3 aliphatic rings. The number of likely N-dealkylation sites (tertiary alicyclic amines) is 1. The van der Waals surface area contributed by atoms with E-state index in [1.807, 2.05) is 54.6 Å². The topological polar surface area (TPSA) is 139 Å². The standard InChI is InChI=1S/C29H34N6O5/c36-16-8-2-7-15-34-25(27(38)31-18-35-21-12-6-5-11-20(21)32-33-35)29-14-13-22(40-29)23(24(29)28(34)39)26(37)30-17-19-9-3-1-4-10-19/h1,3-6,9-12,22-25,36H,2,7-8,13-18H2,(H,30,37)(H,31,38)/t22-,23+,24-,25?,29?/m0/s1. The first-order valence-corrected chi connectivity index (χ1v) is 14.0. The lowest BCUT2D eigenvalue weighted by molar-refractivity contribution is -0.142. The van der Waals surface area contributed by atoms with Gasteiger partial charge >= 0.3 is 0 Å². The molecular formula is C29H34N6O5. The van der Waals surface area contributed by atoms with Gasteiger partial charge in [-0.05, 0) is 49.8 Å². The molecule has 2 unspecified atom stereocenters. The number of hydrogen-bond acceptors (Lipinski definition) is 7. The van der Waals surface area contributed by atoms with Crippen LogP contribution in [-0.4, -0.2) is 73.6 Å². The summed E-state index contributed by atoms with van der Waals surface area (Å²) < 4.78 is 8.09. The lowest BCUT2D eigenvalue weighted by atomic mass is 9.70. The van der Waals surface area contributed by atoms with E-state index in [9.17, 15) is 19.5 Å². The van der Waals surface area contributed by atoms with Gasteiger partial charge in [-0.1, -0.05) is 47.7 Å². The van der Waals surface area contributed by atoms with Crippen LogP contribution in [0.3, 0.4) is 0 Å². The van der Waals surface area contributed by atoms with Crippen molar-refractivity contribution in [2.75, 3.05) is 13.2 Å². The van der Waals surface area contributed by atoms with Crippen molar-refractivity contribution in [2.45, 2.75) is 63.1 Å². The van der Waals surface area contributed by atoms with Crippen molar-refractivity contribution in [3.05, 3.63) is 60.2 Å². The SMILES string of the molecule is O=C(NCn1nnc2ccccc21)C1N(CCCCCO)C(=O)[C@@H]2[C@H](C(=O)NCc3ccccc3)[C@@H]3CCC12O3. The van der Waals surface area contributed by atoms with Crippen LogP contribution < -0.4 is 10.6 Å². The lowest BCUT2D eigenvalue weighted by Crippen LogP contribution is -2.55. The van der Waals surface area contributed by atoms with Crippen molar-refractivity contribution in [1.29, 1.82) is 0 Å². The van der Waals surface area contributed by atoms with Gasteiger partial charge in [0.15, 0.2) is 0 Å². The molecule has 11 nitrogen and oxygen atoms in total. The average Bonchev–Trinajstić information content (AvgIpc) is 3.73. The van der Waals surface area contributed by atoms with Crippen molar-refractivity contribution in [3.8, 4) is 0 Å². The van der Waals surface area contributed by atoms with Gasteiger partial charge in [0.05, 0.1) is 23.5 Å². The van der Waals surface area contributed by atoms with Crippen LogP contribution >= 0.6 is 0 Å². The van der Waals surface area contributed by atoms with E-state index < -0.39 is 29.6 Å². The molecule has 3 aliphatic heterocycles. The van der Waals surface area contributed by atoms with Gasteiger partial charge in [-0.15, -0.1) is 5.10 Å². The molecule has 1 spiro atoms. The lowest BCUT2D eigenvalue weighted by Gasteiger charge is -2.33. The van der Waals surface area contributed by atoms with Crippen LogP contribution in [0.2, 0.25) is 0 Å². The van der Waals surface area contributed by atoms with Crippen molar-refractivity contribution < 1.29 is 24.2 Å². The molecule has 11 heteroatoms. The molecule has 3 fully saturated rings. The highest BCUT2D eigenvalue weighted by Crippen LogP contribution is 2.58. The number of aromatic nitrogens is 3. The van der Waals surface area contributed by atoms with Gasteiger partial charge in [-0.2, -0.15) is 0 Å². The summed E-state index contributed by atoms with van der Waals surface area (Å²) in [5.41, 5.74) is 1.42. The fourth-order valence-corrected chi connectivity index (χ4v) is 6.75. The van der Waals surface area contributed by atoms with E-state index in [2.05, 4.69) is 20.9 Å². The summed E-state index contributed by atoms with van der Waals surface area (Å²) in [5.74, 6) is -2.13. The molecule has 4 heterocycles. The van der Waals surface area contributed by atoms with E-state index in [4.69, 9.17) is 4.74 Å². The van der Waals surface area contributed by atoms with E-state index in [0.29, 0.717) is 38.8 Å². The van der Waals surface area contributed by atoms with Crippen LogP contribution in [-0.2, 0) is 32.3 Å². The molecule has 1 aromatic heterocycles. The normalized spacial score (nSPS) is 26.8. The van der Waals surface area contributed by atoms with Gasteiger partial charge < -0.3 is 25.4 Å². The molecule has 0 radical (unpaired) electrons. The number of ether oxygens (including phenoxy) is 1. The van der Waals surface area contributed by atoms with Crippen molar-refractivity contribution in [1.82, 2.24) is 30.5 Å². The molecule has 2 bridgehead atoms. The fraction of sp³-hybridized carbons (Fsp3) is 0.483. The summed E-state index contributed by atoms with van der Waals surface area (Å²) in [4.78, 5) is 42.9. The summed E-state index contributed by atoms with van der Waals surface area (Å²) in [7, 11) is 0. The quantitative estimate of drug-likeness (QED) is 0.309. The molecule has 0 saturated carbocycles. The van der Waals surface area contributed by atoms with Gasteiger partial charge in [0.25, 0.3) is 0 Å². The highest BCUT2D eigenvalue weighted by atomic mass is 16.5. The second-order valence-electron chi connectivity index (χ2n) is 10.9. The number of carbonyl (C=O) groups excluding carboxylic acids is 3.